The van der Waals surface area contributed by atoms with E-state index in [0.717, 1.165) is 27.8 Å². The number of nitrogens with zero attached hydrogens (tertiary/aromatic N) is 1. The number of ether oxygens (including phenoxy) is 1. The van der Waals surface area contributed by atoms with E-state index in [4.69, 9.17) is 4.74 Å². The first-order valence-electron chi connectivity index (χ1n) is 12.2. The molecule has 176 valence electrons. The lowest BCUT2D eigenvalue weighted by molar-refractivity contribution is -0.161. The fourth-order valence-electron chi connectivity index (χ4n) is 6.46. The third-order valence-electron chi connectivity index (χ3n) is 7.86. The quantitative estimate of drug-likeness (QED) is 0.407. The molecule has 4 aliphatic rings. The van der Waals surface area contributed by atoms with Crippen molar-refractivity contribution in [3.05, 3.63) is 107 Å². The molecule has 2 amide bonds. The van der Waals surface area contributed by atoms with Crippen LogP contribution >= 0.6 is 0 Å². The zero-order valence-corrected chi connectivity index (χ0v) is 19.8. The first-order valence-corrected chi connectivity index (χ1v) is 12.2. The van der Waals surface area contributed by atoms with Gasteiger partial charge in [0.15, 0.2) is 0 Å². The van der Waals surface area contributed by atoms with Gasteiger partial charge in [0.05, 0.1) is 11.8 Å². The van der Waals surface area contributed by atoms with Crippen molar-refractivity contribution in [3.63, 3.8) is 0 Å². The number of carbonyl (C=O) groups is 3. The van der Waals surface area contributed by atoms with Crippen LogP contribution in [0.2, 0.25) is 0 Å². The van der Waals surface area contributed by atoms with Gasteiger partial charge in [0, 0.05) is 11.8 Å². The number of likely N-dealkylation sites (tertiary alicyclic amines) is 1. The van der Waals surface area contributed by atoms with Gasteiger partial charge in [-0.15, -0.1) is 0 Å². The molecule has 0 radical (unpaired) electrons. The molecule has 5 nitrogen and oxygen atoms in total. The van der Waals surface area contributed by atoms with Crippen LogP contribution in [0.5, 0.6) is 0 Å². The Kier molecular flexibility index (Phi) is 5.10. The Bertz CT molecular complexity index is 1220. The summed E-state index contributed by atoms with van der Waals surface area (Å²) in [6, 6.07) is 24.8. The van der Waals surface area contributed by atoms with Crippen molar-refractivity contribution in [2.45, 2.75) is 38.3 Å². The molecule has 1 aliphatic heterocycles. The van der Waals surface area contributed by atoms with Crippen molar-refractivity contribution in [2.75, 3.05) is 0 Å². The number of rotatable bonds is 5. The van der Waals surface area contributed by atoms with Gasteiger partial charge in [-0.25, -0.2) is 4.79 Å². The summed E-state index contributed by atoms with van der Waals surface area (Å²) < 4.78 is 5.62. The summed E-state index contributed by atoms with van der Waals surface area (Å²) in [5, 5.41) is 0. The van der Waals surface area contributed by atoms with E-state index in [0.29, 0.717) is 0 Å². The lowest BCUT2D eigenvalue weighted by Gasteiger charge is -2.45. The van der Waals surface area contributed by atoms with Crippen LogP contribution in [-0.2, 0) is 25.7 Å². The van der Waals surface area contributed by atoms with Crippen LogP contribution in [0, 0.1) is 17.8 Å². The molecule has 0 saturated carbocycles. The Morgan fingerprint density at radius 2 is 1.17 bits per heavy atom. The summed E-state index contributed by atoms with van der Waals surface area (Å²) in [5.41, 5.74) is 5.34. The third-order valence-corrected chi connectivity index (χ3v) is 7.86. The number of amides is 2. The second-order valence-electron chi connectivity index (χ2n) is 10.1. The van der Waals surface area contributed by atoms with Crippen molar-refractivity contribution >= 4 is 17.8 Å². The first-order chi connectivity index (χ1) is 17.0. The van der Waals surface area contributed by atoms with Crippen LogP contribution in [0.1, 0.15) is 53.5 Å². The van der Waals surface area contributed by atoms with Crippen LogP contribution < -0.4 is 0 Å². The topological polar surface area (TPSA) is 63.7 Å². The highest BCUT2D eigenvalue weighted by molar-refractivity contribution is 6.10. The Labute approximate surface area is 204 Å². The fraction of sp³-hybridized carbons (Fsp3) is 0.300. The van der Waals surface area contributed by atoms with Crippen molar-refractivity contribution in [2.24, 2.45) is 17.8 Å². The molecule has 7 rings (SSSR count). The molecule has 1 fully saturated rings. The van der Waals surface area contributed by atoms with Crippen LogP contribution in [0.25, 0.3) is 0 Å². The summed E-state index contributed by atoms with van der Waals surface area (Å²) >= 11 is 0. The van der Waals surface area contributed by atoms with Gasteiger partial charge in [-0.1, -0.05) is 92.7 Å². The van der Waals surface area contributed by atoms with Crippen molar-refractivity contribution in [1.82, 2.24) is 4.90 Å². The average molecular weight is 466 g/mol. The number of carbonyl (C=O) groups excluding carboxylic acids is 3. The maximum absolute atomic E-state index is 14.0. The summed E-state index contributed by atoms with van der Waals surface area (Å²) in [5.74, 6) is -2.69. The Morgan fingerprint density at radius 1 is 0.743 bits per heavy atom. The van der Waals surface area contributed by atoms with E-state index >= 15 is 0 Å². The largest absolute Gasteiger partial charge is 0.459 e. The predicted molar refractivity (Wildman–Crippen MR) is 130 cm³/mol. The third kappa shape index (κ3) is 3.18. The molecule has 3 aromatic rings. The number of imide groups is 1. The molecule has 3 aliphatic carbocycles. The number of hydrogen-bond acceptors (Lipinski definition) is 4. The van der Waals surface area contributed by atoms with E-state index in [9.17, 15) is 14.4 Å². The normalized spacial score (nSPS) is 24.7. The summed E-state index contributed by atoms with van der Waals surface area (Å²) in [6.07, 6.45) is 0. The van der Waals surface area contributed by atoms with E-state index in [1.54, 1.807) is 0 Å². The van der Waals surface area contributed by atoms with Crippen molar-refractivity contribution in [3.8, 4) is 0 Å². The number of benzene rings is 3. The molecule has 5 heteroatoms. The van der Waals surface area contributed by atoms with Crippen LogP contribution in [-0.4, -0.2) is 28.7 Å². The molecule has 0 spiro atoms. The highest BCUT2D eigenvalue weighted by Gasteiger charge is 2.63. The molecule has 0 aromatic heterocycles. The average Bonchev–Trinajstić information content (AvgIpc) is 3.14. The van der Waals surface area contributed by atoms with E-state index in [1.807, 2.05) is 68.4 Å². The minimum absolute atomic E-state index is 0.105. The van der Waals surface area contributed by atoms with Gasteiger partial charge >= 0.3 is 5.97 Å². The maximum Gasteiger partial charge on any atom is 0.329 e. The molecule has 0 unspecified atom stereocenters. The Balaban J connectivity index is 1.37. The van der Waals surface area contributed by atoms with Crippen molar-refractivity contribution < 1.29 is 19.1 Å². The molecular formula is C30H27NO4. The molecule has 3 aromatic carbocycles. The smallest absolute Gasteiger partial charge is 0.329 e. The fourth-order valence-corrected chi connectivity index (χ4v) is 6.46. The Hall–Kier alpha value is -3.73. The van der Waals surface area contributed by atoms with Crippen LogP contribution in [0.4, 0.5) is 0 Å². The summed E-state index contributed by atoms with van der Waals surface area (Å²) in [6.45, 7) is 3.82. The van der Waals surface area contributed by atoms with Gasteiger partial charge < -0.3 is 4.74 Å². The zero-order valence-electron chi connectivity index (χ0n) is 19.8. The Morgan fingerprint density at radius 3 is 1.60 bits per heavy atom. The standard InChI is InChI=1S/C30H27NO4/c1-17(2)27(30(34)35-16-18-10-4-3-5-11-18)31-28(32)25-23-19-12-6-7-13-20(19)24(26(25)29(31)33)22-15-9-8-14-21(22)23/h3-15,17,23-27H,16H2,1-2H3/t23?,24?,25-,26+,27-/m0/s1. The lowest BCUT2D eigenvalue weighted by Crippen LogP contribution is -2.49. The molecule has 3 atom stereocenters. The minimum atomic E-state index is -0.949. The van der Waals surface area contributed by atoms with E-state index < -0.39 is 23.8 Å². The molecule has 2 bridgehead atoms. The number of esters is 1. The van der Waals surface area contributed by atoms with E-state index in [-0.39, 0.29) is 36.2 Å². The molecule has 35 heavy (non-hydrogen) atoms. The van der Waals surface area contributed by atoms with Crippen LogP contribution in [0.3, 0.4) is 0 Å². The highest BCUT2D eigenvalue weighted by atomic mass is 16.5. The highest BCUT2D eigenvalue weighted by Crippen LogP contribution is 2.61. The van der Waals surface area contributed by atoms with Crippen molar-refractivity contribution in [1.29, 1.82) is 0 Å². The van der Waals surface area contributed by atoms with Gasteiger partial charge in [0.2, 0.25) is 11.8 Å². The lowest BCUT2D eigenvalue weighted by atomic mass is 9.55. The van der Waals surface area contributed by atoms with Gasteiger partial charge in [-0.05, 0) is 33.7 Å². The van der Waals surface area contributed by atoms with Gasteiger partial charge in [0.1, 0.15) is 12.6 Å². The van der Waals surface area contributed by atoms with E-state index in [2.05, 4.69) is 24.3 Å². The summed E-state index contributed by atoms with van der Waals surface area (Å²) in [4.78, 5) is 42.5. The monoisotopic (exact) mass is 465 g/mol. The first kappa shape index (κ1) is 21.8. The summed E-state index contributed by atoms with van der Waals surface area (Å²) in [7, 11) is 0. The minimum Gasteiger partial charge on any atom is -0.459 e. The predicted octanol–water partition coefficient (Wildman–Crippen LogP) is 4.65. The van der Waals surface area contributed by atoms with Gasteiger partial charge in [0.25, 0.3) is 0 Å². The molecule has 1 heterocycles. The second kappa shape index (κ2) is 8.19. The zero-order chi connectivity index (χ0) is 24.3. The number of hydrogen-bond donors (Lipinski definition) is 0. The SMILES string of the molecule is CC(C)[C@@H](C(=O)OCc1ccccc1)N1C(=O)[C@@H]2C3c4ccccc4C(c4ccccc43)[C@@H]2C1=O. The maximum atomic E-state index is 14.0. The van der Waals surface area contributed by atoms with Gasteiger partial charge in [-0.3, -0.25) is 14.5 Å². The molecule has 1 saturated heterocycles. The van der Waals surface area contributed by atoms with Crippen LogP contribution in [0.15, 0.2) is 78.9 Å². The second-order valence-corrected chi connectivity index (χ2v) is 10.1. The van der Waals surface area contributed by atoms with Gasteiger partial charge in [-0.2, -0.15) is 0 Å². The molecular weight excluding hydrogens is 438 g/mol. The molecule has 0 N–H and O–H groups in total. The van der Waals surface area contributed by atoms with E-state index in [1.165, 1.54) is 4.90 Å².